The molecule has 0 aromatic rings. The Morgan fingerprint density at radius 3 is 2.10 bits per heavy atom. The van der Waals surface area contributed by atoms with Gasteiger partial charge in [0.1, 0.15) is 0 Å². The molecule has 0 spiro atoms. The zero-order chi connectivity index (χ0) is 15.4. The van der Waals surface area contributed by atoms with Crippen molar-refractivity contribution in [3.8, 4) is 0 Å². The van der Waals surface area contributed by atoms with Crippen LogP contribution in [0.25, 0.3) is 0 Å². The summed E-state index contributed by atoms with van der Waals surface area (Å²) in [6.45, 7) is 3.44. The Kier molecular flexibility index (Phi) is 10.7. The molecule has 0 N–H and O–H groups in total. The molecule has 0 fully saturated rings. The van der Waals surface area contributed by atoms with E-state index in [-0.39, 0.29) is 5.50 Å². The minimum atomic E-state index is -3.49. The van der Waals surface area contributed by atoms with E-state index in [1.54, 1.807) is 6.08 Å². The first-order chi connectivity index (χ1) is 9.50. The van der Waals surface area contributed by atoms with Gasteiger partial charge >= 0.3 is 13.6 Å². The number of hydrogen-bond acceptors (Lipinski definition) is 5. The number of unbranched alkanes of at least 4 members (excludes halogenated alkanes) is 6. The maximum absolute atomic E-state index is 12.2. The molecule has 0 unspecified atom stereocenters. The SMILES string of the molecule is CCCCCCCC/C=C(/OC(C)=O)P(=O)(OC)OC. The van der Waals surface area contributed by atoms with Gasteiger partial charge in [0.05, 0.1) is 0 Å². The number of carbonyl (C=O) groups is 1. The van der Waals surface area contributed by atoms with Crippen LogP contribution in [-0.2, 0) is 23.1 Å². The Bertz CT molecular complexity index is 343. The molecule has 0 heterocycles. The molecule has 0 aromatic carbocycles. The Morgan fingerprint density at radius 2 is 1.60 bits per heavy atom. The average molecular weight is 306 g/mol. The Labute approximate surface area is 122 Å². The first-order valence-electron chi connectivity index (χ1n) is 7.10. The van der Waals surface area contributed by atoms with Gasteiger partial charge in [-0.3, -0.25) is 9.36 Å². The van der Waals surface area contributed by atoms with E-state index in [0.29, 0.717) is 6.42 Å². The maximum Gasteiger partial charge on any atom is 0.395 e. The molecule has 6 heteroatoms. The van der Waals surface area contributed by atoms with Crippen LogP contribution in [0.1, 0.15) is 58.8 Å². The fourth-order valence-corrected chi connectivity index (χ4v) is 2.86. The van der Waals surface area contributed by atoms with E-state index in [0.717, 1.165) is 12.8 Å². The van der Waals surface area contributed by atoms with Crippen molar-refractivity contribution in [3.05, 3.63) is 11.6 Å². The third-order valence-corrected chi connectivity index (χ3v) is 4.65. The molecule has 0 saturated heterocycles. The minimum Gasteiger partial charge on any atom is -0.418 e. The van der Waals surface area contributed by atoms with Gasteiger partial charge in [0, 0.05) is 21.1 Å². The lowest BCUT2D eigenvalue weighted by Crippen LogP contribution is -2.03. The van der Waals surface area contributed by atoms with E-state index in [1.807, 2.05) is 0 Å². The number of allylic oxidation sites excluding steroid dienone is 1. The molecule has 5 nitrogen and oxygen atoms in total. The van der Waals surface area contributed by atoms with Crippen molar-refractivity contribution in [2.45, 2.75) is 58.8 Å². The molecule has 0 aliphatic rings. The van der Waals surface area contributed by atoms with E-state index in [9.17, 15) is 9.36 Å². The summed E-state index contributed by atoms with van der Waals surface area (Å²) < 4.78 is 26.8. The summed E-state index contributed by atoms with van der Waals surface area (Å²) in [6.07, 6.45) is 9.30. The van der Waals surface area contributed by atoms with Crippen molar-refractivity contribution in [3.63, 3.8) is 0 Å². The van der Waals surface area contributed by atoms with Gasteiger partial charge in [-0.2, -0.15) is 0 Å². The van der Waals surface area contributed by atoms with Crippen LogP contribution in [0.2, 0.25) is 0 Å². The lowest BCUT2D eigenvalue weighted by Gasteiger charge is -2.16. The Morgan fingerprint density at radius 1 is 1.05 bits per heavy atom. The summed E-state index contributed by atoms with van der Waals surface area (Å²) >= 11 is 0. The minimum absolute atomic E-state index is 0.0106. The highest BCUT2D eigenvalue weighted by Gasteiger charge is 2.30. The monoisotopic (exact) mass is 306 g/mol. The zero-order valence-electron chi connectivity index (χ0n) is 13.0. The molecule has 0 rings (SSSR count). The number of hydrogen-bond donors (Lipinski definition) is 0. The number of esters is 1. The van der Waals surface area contributed by atoms with Gasteiger partial charge in [-0.25, -0.2) is 0 Å². The van der Waals surface area contributed by atoms with Crippen LogP contribution in [0, 0.1) is 0 Å². The summed E-state index contributed by atoms with van der Waals surface area (Å²) in [4.78, 5) is 11.0. The number of carbonyl (C=O) groups excluding carboxylic acids is 1. The van der Waals surface area contributed by atoms with Crippen molar-refractivity contribution in [1.82, 2.24) is 0 Å². The lowest BCUT2D eigenvalue weighted by atomic mass is 10.1. The molecule has 0 radical (unpaired) electrons. The van der Waals surface area contributed by atoms with Crippen molar-refractivity contribution in [1.29, 1.82) is 0 Å². The van der Waals surface area contributed by atoms with Gasteiger partial charge in [0.2, 0.25) is 5.50 Å². The topological polar surface area (TPSA) is 61.8 Å². The van der Waals surface area contributed by atoms with Crippen LogP contribution in [0.5, 0.6) is 0 Å². The molecule has 0 atom stereocenters. The van der Waals surface area contributed by atoms with Crippen LogP contribution in [0.3, 0.4) is 0 Å². The third kappa shape index (κ3) is 7.83. The molecule has 0 amide bonds. The molecule has 0 aliphatic heterocycles. The maximum atomic E-state index is 12.2. The summed E-state index contributed by atoms with van der Waals surface area (Å²) in [6, 6.07) is 0. The van der Waals surface area contributed by atoms with E-state index in [4.69, 9.17) is 13.8 Å². The highest BCUT2D eigenvalue weighted by atomic mass is 31.2. The predicted molar refractivity (Wildman–Crippen MR) is 79.5 cm³/mol. The second-order valence-electron chi connectivity index (χ2n) is 4.56. The zero-order valence-corrected chi connectivity index (χ0v) is 13.9. The van der Waals surface area contributed by atoms with Crippen molar-refractivity contribution >= 4 is 13.6 Å². The summed E-state index contributed by atoms with van der Waals surface area (Å²) in [7, 11) is -0.953. The summed E-state index contributed by atoms with van der Waals surface area (Å²) in [5.74, 6) is -0.534. The standard InChI is InChI=1S/C14H27O5P/c1-5-6-7-8-9-10-11-12-14(19-13(2)15)20(16,17-3)18-4/h12H,5-11H2,1-4H3/b14-12-. The Balaban J connectivity index is 4.37. The molecular weight excluding hydrogens is 279 g/mol. The van der Waals surface area contributed by atoms with Gasteiger partial charge < -0.3 is 13.8 Å². The van der Waals surface area contributed by atoms with Crippen molar-refractivity contribution in [2.24, 2.45) is 0 Å². The predicted octanol–water partition coefficient (Wildman–Crippen LogP) is 4.63. The fraction of sp³-hybridized carbons (Fsp3) is 0.786. The smallest absolute Gasteiger partial charge is 0.395 e. The molecule has 118 valence electrons. The van der Waals surface area contributed by atoms with Gasteiger partial charge in [0.25, 0.3) is 0 Å². The number of ether oxygens (including phenoxy) is 1. The second kappa shape index (κ2) is 11.1. The highest BCUT2D eigenvalue weighted by molar-refractivity contribution is 7.58. The lowest BCUT2D eigenvalue weighted by molar-refractivity contribution is -0.136. The Hall–Kier alpha value is -0.640. The molecule has 0 aromatic heterocycles. The van der Waals surface area contributed by atoms with Crippen molar-refractivity contribution < 1.29 is 23.1 Å². The molecule has 0 bridgehead atoms. The normalized spacial score (nSPS) is 12.5. The second-order valence-corrected chi connectivity index (χ2v) is 6.72. The molecule has 0 aliphatic carbocycles. The van der Waals surface area contributed by atoms with Crippen LogP contribution in [0.15, 0.2) is 11.6 Å². The molecule has 0 saturated carbocycles. The largest absolute Gasteiger partial charge is 0.418 e. The van der Waals surface area contributed by atoms with Crippen molar-refractivity contribution in [2.75, 3.05) is 14.2 Å². The van der Waals surface area contributed by atoms with Gasteiger partial charge in [0.15, 0.2) is 0 Å². The van der Waals surface area contributed by atoms with E-state index >= 15 is 0 Å². The highest BCUT2D eigenvalue weighted by Crippen LogP contribution is 2.55. The third-order valence-electron chi connectivity index (χ3n) is 2.88. The van der Waals surface area contributed by atoms with Gasteiger partial charge in [-0.05, 0) is 18.9 Å². The van der Waals surface area contributed by atoms with Crippen LogP contribution in [-0.4, -0.2) is 20.2 Å². The van der Waals surface area contributed by atoms with E-state index < -0.39 is 13.6 Å². The molecular formula is C14H27O5P. The quantitative estimate of drug-likeness (QED) is 0.241. The average Bonchev–Trinajstić information content (AvgIpc) is 2.43. The van der Waals surface area contributed by atoms with Crippen LogP contribution >= 0.6 is 7.60 Å². The first kappa shape index (κ1) is 19.4. The first-order valence-corrected chi connectivity index (χ1v) is 8.65. The van der Waals surface area contributed by atoms with Crippen LogP contribution in [0.4, 0.5) is 0 Å². The summed E-state index contributed by atoms with van der Waals surface area (Å²) in [5.41, 5.74) is -0.0106. The number of rotatable bonds is 11. The van der Waals surface area contributed by atoms with E-state index in [1.165, 1.54) is 46.8 Å². The van der Waals surface area contributed by atoms with Gasteiger partial charge in [-0.15, -0.1) is 0 Å². The summed E-state index contributed by atoms with van der Waals surface area (Å²) in [5, 5.41) is 0. The van der Waals surface area contributed by atoms with Gasteiger partial charge in [-0.1, -0.05) is 39.0 Å². The van der Waals surface area contributed by atoms with E-state index in [2.05, 4.69) is 6.92 Å². The fourth-order valence-electron chi connectivity index (χ4n) is 1.76. The van der Waals surface area contributed by atoms with Crippen LogP contribution < -0.4 is 0 Å². The molecule has 20 heavy (non-hydrogen) atoms.